The molecule has 0 bridgehead atoms. The monoisotopic (exact) mass is 212 g/mol. The van der Waals surface area contributed by atoms with Crippen LogP contribution in [0, 0.1) is 0 Å². The molecule has 14 heavy (non-hydrogen) atoms. The van der Waals surface area contributed by atoms with Gasteiger partial charge in [-0.2, -0.15) is 0 Å². The molecule has 0 fully saturated rings. The van der Waals surface area contributed by atoms with Gasteiger partial charge in [0.05, 0.1) is 10.1 Å². The summed E-state index contributed by atoms with van der Waals surface area (Å²) in [6.45, 7) is 5.01. The van der Waals surface area contributed by atoms with E-state index < -0.39 is 15.1 Å². The third-order valence-corrected chi connectivity index (χ3v) is 4.09. The van der Waals surface area contributed by atoms with Crippen LogP contribution in [0.3, 0.4) is 0 Å². The van der Waals surface area contributed by atoms with Crippen LogP contribution in [0.2, 0.25) is 0 Å². The second kappa shape index (κ2) is 3.84. The maximum Gasteiger partial charge on any atom is 0.184 e. The Morgan fingerprint density at radius 3 is 2.29 bits per heavy atom. The molecule has 1 rings (SSSR count). The molecule has 76 valence electrons. The second-order valence-corrected chi connectivity index (χ2v) is 5.28. The van der Waals surface area contributed by atoms with Crippen LogP contribution in [0.1, 0.15) is 6.92 Å². The highest BCUT2D eigenvalue weighted by molar-refractivity contribution is 7.92. The molecule has 0 saturated carbocycles. The van der Waals surface area contributed by atoms with Crippen molar-refractivity contribution in [3.8, 4) is 5.75 Å². The lowest BCUT2D eigenvalue weighted by molar-refractivity contribution is 0.474. The number of phenols is 1. The molecule has 0 saturated heterocycles. The lowest BCUT2D eigenvalue weighted by Gasteiger charge is -2.07. The molecule has 1 aromatic carbocycles. The van der Waals surface area contributed by atoms with Gasteiger partial charge in [-0.15, -0.1) is 6.58 Å². The van der Waals surface area contributed by atoms with Gasteiger partial charge in [0.2, 0.25) is 0 Å². The van der Waals surface area contributed by atoms with Crippen LogP contribution in [-0.2, 0) is 9.84 Å². The van der Waals surface area contributed by atoms with Crippen LogP contribution in [0.5, 0.6) is 5.75 Å². The molecule has 0 aromatic heterocycles. The van der Waals surface area contributed by atoms with Crippen molar-refractivity contribution >= 4 is 9.84 Å². The summed E-state index contributed by atoms with van der Waals surface area (Å²) < 4.78 is 23.4. The first-order chi connectivity index (χ1) is 6.48. The summed E-state index contributed by atoms with van der Waals surface area (Å²) in [5.41, 5.74) is 0. The number of rotatable bonds is 3. The SMILES string of the molecule is C=CC(C)S(=O)(=O)c1ccc(O)cc1. The third kappa shape index (κ3) is 1.96. The fraction of sp³-hybridized carbons (Fsp3) is 0.200. The van der Waals surface area contributed by atoms with E-state index in [0.29, 0.717) is 0 Å². The smallest absolute Gasteiger partial charge is 0.184 e. The van der Waals surface area contributed by atoms with Crippen molar-refractivity contribution in [1.82, 2.24) is 0 Å². The summed E-state index contributed by atoms with van der Waals surface area (Å²) in [5.74, 6) is 0.0511. The molecule has 1 N–H and O–H groups in total. The lowest BCUT2D eigenvalue weighted by atomic mass is 10.3. The topological polar surface area (TPSA) is 54.4 Å². The van der Waals surface area contributed by atoms with Crippen LogP contribution in [0.15, 0.2) is 41.8 Å². The summed E-state index contributed by atoms with van der Waals surface area (Å²) in [6.07, 6.45) is 1.38. The average Bonchev–Trinajstić information content (AvgIpc) is 2.17. The fourth-order valence-corrected chi connectivity index (χ4v) is 2.18. The number of sulfone groups is 1. The summed E-state index contributed by atoms with van der Waals surface area (Å²) in [4.78, 5) is 0.197. The number of hydrogen-bond donors (Lipinski definition) is 1. The summed E-state index contributed by atoms with van der Waals surface area (Å²) >= 11 is 0. The zero-order valence-electron chi connectivity index (χ0n) is 7.84. The van der Waals surface area contributed by atoms with E-state index in [9.17, 15) is 8.42 Å². The number of phenolic OH excluding ortho intramolecular Hbond substituents is 1. The van der Waals surface area contributed by atoms with E-state index in [1.807, 2.05) is 0 Å². The van der Waals surface area contributed by atoms with E-state index in [0.717, 1.165) is 0 Å². The predicted octanol–water partition coefficient (Wildman–Crippen LogP) is 1.74. The molecule has 0 aliphatic heterocycles. The van der Waals surface area contributed by atoms with Crippen molar-refractivity contribution in [3.05, 3.63) is 36.9 Å². The van der Waals surface area contributed by atoms with E-state index in [4.69, 9.17) is 5.11 Å². The van der Waals surface area contributed by atoms with Crippen LogP contribution < -0.4 is 0 Å². The minimum absolute atomic E-state index is 0.0511. The minimum atomic E-state index is -3.33. The Labute approximate surface area is 83.6 Å². The molecule has 3 nitrogen and oxygen atoms in total. The van der Waals surface area contributed by atoms with Gasteiger partial charge in [0, 0.05) is 0 Å². The van der Waals surface area contributed by atoms with E-state index in [-0.39, 0.29) is 10.6 Å². The van der Waals surface area contributed by atoms with Crippen LogP contribution in [-0.4, -0.2) is 18.8 Å². The minimum Gasteiger partial charge on any atom is -0.508 e. The van der Waals surface area contributed by atoms with Gasteiger partial charge in [-0.25, -0.2) is 8.42 Å². The summed E-state index contributed by atoms with van der Waals surface area (Å²) in [6, 6.07) is 5.46. The highest BCUT2D eigenvalue weighted by Crippen LogP contribution is 2.19. The van der Waals surface area contributed by atoms with Gasteiger partial charge in [-0.1, -0.05) is 6.08 Å². The fourth-order valence-electron chi connectivity index (χ4n) is 0.977. The Hall–Kier alpha value is -1.29. The van der Waals surface area contributed by atoms with E-state index in [1.165, 1.54) is 30.3 Å². The summed E-state index contributed by atoms with van der Waals surface area (Å²) in [7, 11) is -3.33. The van der Waals surface area contributed by atoms with Crippen molar-refractivity contribution in [2.45, 2.75) is 17.1 Å². The van der Waals surface area contributed by atoms with E-state index >= 15 is 0 Å². The maximum absolute atomic E-state index is 11.7. The molecule has 0 aliphatic carbocycles. The van der Waals surface area contributed by atoms with Crippen molar-refractivity contribution in [2.24, 2.45) is 0 Å². The van der Waals surface area contributed by atoms with Gasteiger partial charge in [-0.05, 0) is 31.2 Å². The highest BCUT2D eigenvalue weighted by Gasteiger charge is 2.19. The van der Waals surface area contributed by atoms with Gasteiger partial charge in [-0.3, -0.25) is 0 Å². The van der Waals surface area contributed by atoms with Gasteiger partial charge in [0.15, 0.2) is 9.84 Å². The molecule has 1 aromatic rings. The first-order valence-corrected chi connectivity index (χ1v) is 5.68. The van der Waals surface area contributed by atoms with Gasteiger partial charge in [0.25, 0.3) is 0 Å². The zero-order valence-corrected chi connectivity index (χ0v) is 8.66. The van der Waals surface area contributed by atoms with Crippen molar-refractivity contribution < 1.29 is 13.5 Å². The van der Waals surface area contributed by atoms with Crippen molar-refractivity contribution in [1.29, 1.82) is 0 Å². The van der Waals surface area contributed by atoms with E-state index in [2.05, 4.69) is 6.58 Å². The van der Waals surface area contributed by atoms with Crippen LogP contribution in [0.25, 0.3) is 0 Å². The molecular weight excluding hydrogens is 200 g/mol. The first kappa shape index (κ1) is 10.8. The van der Waals surface area contributed by atoms with Crippen LogP contribution >= 0.6 is 0 Å². The normalized spacial score (nSPS) is 13.5. The van der Waals surface area contributed by atoms with E-state index in [1.54, 1.807) is 6.92 Å². The Balaban J connectivity index is 3.17. The van der Waals surface area contributed by atoms with Crippen molar-refractivity contribution in [3.63, 3.8) is 0 Å². The molecule has 1 unspecified atom stereocenters. The molecule has 0 heterocycles. The highest BCUT2D eigenvalue weighted by atomic mass is 32.2. The average molecular weight is 212 g/mol. The number of benzene rings is 1. The Morgan fingerprint density at radius 1 is 1.36 bits per heavy atom. The molecule has 1 atom stereocenters. The second-order valence-electron chi connectivity index (χ2n) is 2.98. The molecule has 4 heteroatoms. The number of hydrogen-bond acceptors (Lipinski definition) is 3. The molecule has 0 aliphatic rings. The Morgan fingerprint density at radius 2 is 1.86 bits per heavy atom. The Kier molecular flexibility index (Phi) is 2.96. The first-order valence-electron chi connectivity index (χ1n) is 4.14. The zero-order chi connectivity index (χ0) is 10.8. The summed E-state index contributed by atoms with van der Waals surface area (Å²) in [5, 5.41) is 8.38. The lowest BCUT2D eigenvalue weighted by Crippen LogP contribution is -2.14. The molecule has 0 radical (unpaired) electrons. The van der Waals surface area contributed by atoms with Gasteiger partial charge < -0.3 is 5.11 Å². The molecule has 0 amide bonds. The molecule has 0 spiro atoms. The maximum atomic E-state index is 11.7. The predicted molar refractivity (Wildman–Crippen MR) is 55.0 cm³/mol. The largest absolute Gasteiger partial charge is 0.508 e. The third-order valence-electron chi connectivity index (χ3n) is 1.99. The van der Waals surface area contributed by atoms with Crippen molar-refractivity contribution in [2.75, 3.05) is 0 Å². The molecular formula is C10H12O3S. The van der Waals surface area contributed by atoms with Gasteiger partial charge >= 0.3 is 0 Å². The number of aromatic hydroxyl groups is 1. The standard InChI is InChI=1S/C10H12O3S/c1-3-8(2)14(12,13)10-6-4-9(11)5-7-10/h3-8,11H,1H2,2H3. The van der Waals surface area contributed by atoms with Gasteiger partial charge in [0.1, 0.15) is 5.75 Å². The quantitative estimate of drug-likeness (QED) is 0.776. The Bertz CT molecular complexity index is 417. The van der Waals surface area contributed by atoms with Crippen LogP contribution in [0.4, 0.5) is 0 Å².